The fraction of sp³-hybridized carbons (Fsp3) is 0.750. The lowest BCUT2D eigenvalue weighted by atomic mass is 9.74. The number of hydrogen-bond acceptors (Lipinski definition) is 3. The molecular weight excluding hydrogens is 200 g/mol. The fourth-order valence-electron chi connectivity index (χ4n) is 1.97. The molecule has 0 amide bonds. The standard InChI is InChI=1S/C12H24N4/c1-8(2)9(3)12(4,5)7-16-11(14)10(13)6-15-16/h6,8-9H,7,13-14H2,1-5H3. The second-order valence-electron chi connectivity index (χ2n) is 5.66. The Morgan fingerprint density at radius 1 is 1.31 bits per heavy atom. The smallest absolute Gasteiger partial charge is 0.145 e. The van der Waals surface area contributed by atoms with Crippen molar-refractivity contribution < 1.29 is 0 Å². The third kappa shape index (κ3) is 2.49. The van der Waals surface area contributed by atoms with Crippen molar-refractivity contribution in [1.29, 1.82) is 0 Å². The van der Waals surface area contributed by atoms with Gasteiger partial charge in [-0.3, -0.25) is 0 Å². The topological polar surface area (TPSA) is 69.9 Å². The van der Waals surface area contributed by atoms with E-state index in [0.717, 1.165) is 6.54 Å². The maximum Gasteiger partial charge on any atom is 0.145 e. The van der Waals surface area contributed by atoms with Crippen molar-refractivity contribution in [3.8, 4) is 0 Å². The summed E-state index contributed by atoms with van der Waals surface area (Å²) in [6, 6.07) is 0. The van der Waals surface area contributed by atoms with Crippen molar-refractivity contribution in [1.82, 2.24) is 9.78 Å². The highest BCUT2D eigenvalue weighted by Gasteiger charge is 2.29. The Kier molecular flexibility index (Phi) is 3.51. The molecule has 0 spiro atoms. The summed E-state index contributed by atoms with van der Waals surface area (Å²) in [5, 5.41) is 4.21. The van der Waals surface area contributed by atoms with Crippen molar-refractivity contribution in [2.24, 2.45) is 17.3 Å². The SMILES string of the molecule is CC(C)C(C)C(C)(C)Cn1ncc(N)c1N. The molecule has 0 saturated carbocycles. The molecule has 1 aromatic rings. The van der Waals surface area contributed by atoms with Gasteiger partial charge in [0.25, 0.3) is 0 Å². The number of aromatic nitrogens is 2. The molecule has 0 aliphatic rings. The quantitative estimate of drug-likeness (QED) is 0.825. The van der Waals surface area contributed by atoms with Crippen LogP contribution in [0.4, 0.5) is 11.5 Å². The molecule has 0 aliphatic carbocycles. The first kappa shape index (κ1) is 12.9. The molecule has 1 unspecified atom stereocenters. The molecule has 4 heteroatoms. The van der Waals surface area contributed by atoms with Crippen molar-refractivity contribution in [2.75, 3.05) is 11.5 Å². The number of nitrogen functional groups attached to an aromatic ring is 2. The fourth-order valence-corrected chi connectivity index (χ4v) is 1.97. The van der Waals surface area contributed by atoms with Crippen LogP contribution in [0.3, 0.4) is 0 Å². The molecule has 92 valence electrons. The molecule has 0 bridgehead atoms. The first-order valence-electron chi connectivity index (χ1n) is 5.82. The number of nitrogens with zero attached hydrogens (tertiary/aromatic N) is 2. The third-order valence-corrected chi connectivity index (χ3v) is 3.70. The van der Waals surface area contributed by atoms with Crippen molar-refractivity contribution in [2.45, 2.75) is 41.2 Å². The third-order valence-electron chi connectivity index (χ3n) is 3.70. The highest BCUT2D eigenvalue weighted by atomic mass is 15.3. The maximum atomic E-state index is 5.86. The highest BCUT2D eigenvalue weighted by Crippen LogP contribution is 2.34. The molecule has 0 radical (unpaired) electrons. The lowest BCUT2D eigenvalue weighted by Gasteiger charge is -2.34. The number of hydrogen-bond donors (Lipinski definition) is 2. The number of nitrogens with two attached hydrogens (primary N) is 2. The van der Waals surface area contributed by atoms with E-state index in [2.05, 4.69) is 39.7 Å². The van der Waals surface area contributed by atoms with Crippen LogP contribution in [0.25, 0.3) is 0 Å². The molecule has 1 heterocycles. The molecule has 1 aromatic heterocycles. The number of rotatable bonds is 4. The lowest BCUT2D eigenvalue weighted by Crippen LogP contribution is -2.31. The second kappa shape index (κ2) is 4.36. The summed E-state index contributed by atoms with van der Waals surface area (Å²) < 4.78 is 1.80. The summed E-state index contributed by atoms with van der Waals surface area (Å²) in [6.45, 7) is 12.0. The summed E-state index contributed by atoms with van der Waals surface area (Å²) in [7, 11) is 0. The maximum absolute atomic E-state index is 5.86. The van der Waals surface area contributed by atoms with E-state index >= 15 is 0 Å². The summed E-state index contributed by atoms with van der Waals surface area (Å²) in [6.07, 6.45) is 1.62. The van der Waals surface area contributed by atoms with E-state index in [1.165, 1.54) is 0 Å². The van der Waals surface area contributed by atoms with Gasteiger partial charge in [-0.1, -0.05) is 34.6 Å². The van der Waals surface area contributed by atoms with Crippen LogP contribution in [-0.4, -0.2) is 9.78 Å². The Balaban J connectivity index is 2.84. The van der Waals surface area contributed by atoms with Gasteiger partial charge in [-0.2, -0.15) is 5.10 Å². The molecule has 1 atom stereocenters. The minimum absolute atomic E-state index is 0.154. The van der Waals surface area contributed by atoms with E-state index in [9.17, 15) is 0 Å². The van der Waals surface area contributed by atoms with Gasteiger partial charge < -0.3 is 11.5 Å². The zero-order chi connectivity index (χ0) is 12.5. The van der Waals surface area contributed by atoms with Gasteiger partial charge in [-0.25, -0.2) is 4.68 Å². The van der Waals surface area contributed by atoms with Gasteiger partial charge in [0.2, 0.25) is 0 Å². The molecule has 4 N–H and O–H groups in total. The Morgan fingerprint density at radius 3 is 2.25 bits per heavy atom. The number of anilines is 2. The van der Waals surface area contributed by atoms with Crippen LogP contribution in [-0.2, 0) is 6.54 Å². The van der Waals surface area contributed by atoms with E-state index < -0.39 is 0 Å². The zero-order valence-electron chi connectivity index (χ0n) is 11.0. The minimum atomic E-state index is 0.154. The van der Waals surface area contributed by atoms with E-state index in [1.807, 2.05) is 0 Å². The predicted octanol–water partition coefficient (Wildman–Crippen LogP) is 2.37. The lowest BCUT2D eigenvalue weighted by molar-refractivity contribution is 0.143. The van der Waals surface area contributed by atoms with Gasteiger partial charge in [0, 0.05) is 6.54 Å². The van der Waals surface area contributed by atoms with Gasteiger partial charge in [0.15, 0.2) is 0 Å². The largest absolute Gasteiger partial charge is 0.394 e. The van der Waals surface area contributed by atoms with Crippen LogP contribution < -0.4 is 11.5 Å². The van der Waals surface area contributed by atoms with Gasteiger partial charge in [-0.15, -0.1) is 0 Å². The van der Waals surface area contributed by atoms with Crippen LogP contribution >= 0.6 is 0 Å². The molecular formula is C12H24N4. The van der Waals surface area contributed by atoms with E-state index in [0.29, 0.717) is 23.3 Å². The summed E-state index contributed by atoms with van der Waals surface area (Å²) in [5.74, 6) is 1.81. The normalized spacial score (nSPS) is 14.4. The van der Waals surface area contributed by atoms with Crippen molar-refractivity contribution in [3.05, 3.63) is 6.20 Å². The molecule has 0 aliphatic heterocycles. The van der Waals surface area contributed by atoms with Crippen LogP contribution in [0.1, 0.15) is 34.6 Å². The first-order valence-corrected chi connectivity index (χ1v) is 5.82. The zero-order valence-corrected chi connectivity index (χ0v) is 11.0. The van der Waals surface area contributed by atoms with Crippen LogP contribution in [0.2, 0.25) is 0 Å². The van der Waals surface area contributed by atoms with Gasteiger partial charge >= 0.3 is 0 Å². The highest BCUT2D eigenvalue weighted by molar-refractivity contribution is 5.56. The first-order chi connectivity index (χ1) is 7.25. The monoisotopic (exact) mass is 224 g/mol. The minimum Gasteiger partial charge on any atom is -0.394 e. The summed E-state index contributed by atoms with van der Waals surface area (Å²) >= 11 is 0. The average molecular weight is 224 g/mol. The Morgan fingerprint density at radius 2 is 1.88 bits per heavy atom. The predicted molar refractivity (Wildman–Crippen MR) is 68.8 cm³/mol. The van der Waals surface area contributed by atoms with Crippen LogP contribution in [0.15, 0.2) is 6.20 Å². The molecule has 0 saturated heterocycles. The van der Waals surface area contributed by atoms with Gasteiger partial charge in [-0.05, 0) is 17.3 Å². The average Bonchev–Trinajstić information content (AvgIpc) is 2.48. The van der Waals surface area contributed by atoms with E-state index in [-0.39, 0.29) is 5.41 Å². The second-order valence-corrected chi connectivity index (χ2v) is 5.66. The van der Waals surface area contributed by atoms with E-state index in [4.69, 9.17) is 11.5 Å². The van der Waals surface area contributed by atoms with Crippen molar-refractivity contribution >= 4 is 11.5 Å². The molecule has 16 heavy (non-hydrogen) atoms. The van der Waals surface area contributed by atoms with Crippen LogP contribution in [0.5, 0.6) is 0 Å². The molecule has 0 aromatic carbocycles. The molecule has 0 fully saturated rings. The van der Waals surface area contributed by atoms with E-state index in [1.54, 1.807) is 10.9 Å². The summed E-state index contributed by atoms with van der Waals surface area (Å²) in [4.78, 5) is 0. The van der Waals surface area contributed by atoms with Crippen molar-refractivity contribution in [3.63, 3.8) is 0 Å². The Labute approximate surface area is 98.0 Å². The molecule has 4 nitrogen and oxygen atoms in total. The molecule has 1 rings (SSSR count). The summed E-state index contributed by atoms with van der Waals surface area (Å²) in [5.41, 5.74) is 12.3. The van der Waals surface area contributed by atoms with Gasteiger partial charge in [0.1, 0.15) is 5.82 Å². The van der Waals surface area contributed by atoms with Crippen LogP contribution in [0, 0.1) is 17.3 Å². The van der Waals surface area contributed by atoms with Gasteiger partial charge in [0.05, 0.1) is 11.9 Å². The Hall–Kier alpha value is -1.19. The Bertz CT molecular complexity index is 352.